The molecule has 1 aromatic heterocycles. The minimum atomic E-state index is -3.22. The molecule has 36 heavy (non-hydrogen) atoms. The molecule has 3 fully saturated rings. The monoisotopic (exact) mass is 514 g/mol. The van der Waals surface area contributed by atoms with Gasteiger partial charge in [0.2, 0.25) is 5.88 Å². The first kappa shape index (κ1) is 24.8. The molecule has 2 saturated heterocycles. The van der Waals surface area contributed by atoms with Crippen LogP contribution < -0.4 is 10.1 Å². The Morgan fingerprint density at radius 2 is 1.67 bits per heavy atom. The largest absolute Gasteiger partial charge is 0.474 e. The van der Waals surface area contributed by atoms with E-state index < -0.39 is 15.4 Å². The van der Waals surface area contributed by atoms with E-state index in [4.69, 9.17) is 9.47 Å². The van der Waals surface area contributed by atoms with E-state index in [0.29, 0.717) is 16.6 Å². The van der Waals surface area contributed by atoms with Gasteiger partial charge in [-0.2, -0.15) is 0 Å². The number of sulfone groups is 1. The summed E-state index contributed by atoms with van der Waals surface area (Å²) in [5.74, 6) is 1.11. The van der Waals surface area contributed by atoms with Crippen molar-refractivity contribution in [3.05, 3.63) is 36.2 Å². The SMILES string of the molecule is Cc1c(Nc2ccc(S(=O)(=O)C3CC3)cc2)ncnc1OC1CC2CCC(C1)N2C(=O)OC(C)(C)C. The molecule has 3 aliphatic rings. The number of fused-ring (bicyclic) bond motifs is 2. The van der Waals surface area contributed by atoms with Crippen LogP contribution in [0.2, 0.25) is 0 Å². The summed E-state index contributed by atoms with van der Waals surface area (Å²) in [6.07, 6.45) is 6.03. The molecule has 0 radical (unpaired) electrons. The molecule has 5 rings (SSSR count). The number of nitrogens with zero attached hydrogens (tertiary/aromatic N) is 3. The van der Waals surface area contributed by atoms with Gasteiger partial charge in [0.1, 0.15) is 23.9 Å². The van der Waals surface area contributed by atoms with Crippen molar-refractivity contribution >= 4 is 27.4 Å². The van der Waals surface area contributed by atoms with Crippen molar-refractivity contribution in [2.45, 2.75) is 100 Å². The highest BCUT2D eigenvalue weighted by Gasteiger charge is 2.45. The number of ether oxygens (including phenoxy) is 2. The van der Waals surface area contributed by atoms with Crippen molar-refractivity contribution in [3.8, 4) is 5.88 Å². The van der Waals surface area contributed by atoms with Gasteiger partial charge >= 0.3 is 6.09 Å². The number of nitrogens with one attached hydrogen (secondary N) is 1. The van der Waals surface area contributed by atoms with Crippen molar-refractivity contribution in [1.82, 2.24) is 14.9 Å². The molecule has 194 valence electrons. The number of hydrogen-bond donors (Lipinski definition) is 1. The molecule has 1 amide bonds. The first-order chi connectivity index (χ1) is 17.0. The number of amides is 1. The fraction of sp³-hybridized carbons (Fsp3) is 0.577. The van der Waals surface area contributed by atoms with Crippen LogP contribution in [0.15, 0.2) is 35.5 Å². The minimum absolute atomic E-state index is 0.0467. The number of carbonyl (C=O) groups excluding carboxylic acids is 1. The summed E-state index contributed by atoms with van der Waals surface area (Å²) in [5.41, 5.74) is 0.993. The highest BCUT2D eigenvalue weighted by molar-refractivity contribution is 7.92. The van der Waals surface area contributed by atoms with Gasteiger partial charge in [-0.05, 0) is 77.6 Å². The average molecular weight is 515 g/mol. The van der Waals surface area contributed by atoms with E-state index in [1.54, 1.807) is 24.3 Å². The van der Waals surface area contributed by atoms with Crippen LogP contribution in [-0.4, -0.2) is 58.4 Å². The van der Waals surface area contributed by atoms with Crippen LogP contribution in [0.5, 0.6) is 5.88 Å². The number of carbonyl (C=O) groups is 1. The first-order valence-corrected chi connectivity index (χ1v) is 14.2. The van der Waals surface area contributed by atoms with Crippen LogP contribution in [0.1, 0.15) is 64.9 Å². The van der Waals surface area contributed by atoms with Gasteiger partial charge in [-0.1, -0.05) is 0 Å². The Morgan fingerprint density at radius 1 is 1.03 bits per heavy atom. The van der Waals surface area contributed by atoms with E-state index in [9.17, 15) is 13.2 Å². The zero-order chi connectivity index (χ0) is 25.7. The van der Waals surface area contributed by atoms with Crippen LogP contribution in [0, 0.1) is 6.92 Å². The second-order valence-electron chi connectivity index (χ2n) is 11.0. The highest BCUT2D eigenvalue weighted by atomic mass is 32.2. The van der Waals surface area contributed by atoms with Crippen LogP contribution >= 0.6 is 0 Å². The van der Waals surface area contributed by atoms with Crippen molar-refractivity contribution in [3.63, 3.8) is 0 Å². The number of hydrogen-bond acceptors (Lipinski definition) is 8. The molecular formula is C26H34N4O5S. The second kappa shape index (κ2) is 9.21. The molecule has 9 nitrogen and oxygen atoms in total. The lowest BCUT2D eigenvalue weighted by Crippen LogP contribution is -2.50. The summed E-state index contributed by atoms with van der Waals surface area (Å²) in [5, 5.41) is 3.02. The minimum Gasteiger partial charge on any atom is -0.474 e. The molecule has 1 aromatic carbocycles. The van der Waals surface area contributed by atoms with E-state index in [1.165, 1.54) is 6.33 Å². The number of rotatable bonds is 6. The molecule has 2 aromatic rings. The van der Waals surface area contributed by atoms with Gasteiger partial charge in [0.05, 0.1) is 15.7 Å². The zero-order valence-corrected chi connectivity index (χ0v) is 22.0. The van der Waals surface area contributed by atoms with Crippen molar-refractivity contribution in [1.29, 1.82) is 0 Å². The number of anilines is 2. The second-order valence-corrected chi connectivity index (χ2v) is 13.3. The Morgan fingerprint density at radius 3 is 2.25 bits per heavy atom. The van der Waals surface area contributed by atoms with Gasteiger partial charge in [0.25, 0.3) is 0 Å². The zero-order valence-electron chi connectivity index (χ0n) is 21.2. The van der Waals surface area contributed by atoms with Crippen molar-refractivity contribution < 1.29 is 22.7 Å². The Balaban J connectivity index is 1.24. The van der Waals surface area contributed by atoms with Gasteiger partial charge in [-0.15, -0.1) is 0 Å². The highest BCUT2D eigenvalue weighted by Crippen LogP contribution is 2.39. The average Bonchev–Trinajstić information content (AvgIpc) is 3.62. The van der Waals surface area contributed by atoms with Crippen LogP contribution in [0.25, 0.3) is 0 Å². The molecule has 1 saturated carbocycles. The van der Waals surface area contributed by atoms with Crippen molar-refractivity contribution in [2.75, 3.05) is 5.32 Å². The lowest BCUT2D eigenvalue weighted by Gasteiger charge is -2.39. The Bertz CT molecular complexity index is 1220. The number of aromatic nitrogens is 2. The predicted octanol–water partition coefficient (Wildman–Crippen LogP) is 4.77. The Hall–Kier alpha value is -2.88. The van der Waals surface area contributed by atoms with Crippen LogP contribution in [0.3, 0.4) is 0 Å². The van der Waals surface area contributed by atoms with Crippen LogP contribution in [0.4, 0.5) is 16.3 Å². The summed E-state index contributed by atoms with van der Waals surface area (Å²) in [4.78, 5) is 23.7. The maximum atomic E-state index is 12.7. The third kappa shape index (κ3) is 5.14. The van der Waals surface area contributed by atoms with Crippen LogP contribution in [-0.2, 0) is 14.6 Å². The predicted molar refractivity (Wildman–Crippen MR) is 135 cm³/mol. The summed E-state index contributed by atoms with van der Waals surface area (Å²) in [6, 6.07) is 6.99. The Kier molecular flexibility index (Phi) is 6.34. The van der Waals surface area contributed by atoms with E-state index in [2.05, 4.69) is 15.3 Å². The normalized spacial score (nSPS) is 23.9. The number of benzene rings is 1. The van der Waals surface area contributed by atoms with Crippen molar-refractivity contribution in [2.24, 2.45) is 0 Å². The molecule has 0 spiro atoms. The summed E-state index contributed by atoms with van der Waals surface area (Å²) in [7, 11) is -3.22. The summed E-state index contributed by atoms with van der Waals surface area (Å²) >= 11 is 0. The summed E-state index contributed by atoms with van der Waals surface area (Å²) < 4.78 is 36.8. The molecule has 2 atom stereocenters. The lowest BCUT2D eigenvalue weighted by atomic mass is 10.00. The van der Waals surface area contributed by atoms with E-state index in [0.717, 1.165) is 49.8 Å². The standard InChI is InChI=1S/C26H34N4O5S/c1-16-23(29-17-5-9-21(10-6-17)36(32,33)22-11-12-22)27-15-28-24(16)34-20-13-18-7-8-19(14-20)30(18)25(31)35-26(2,3)4/h5-6,9-10,15,18-20,22H,7-8,11-14H2,1-4H3,(H,27,28,29). The molecule has 1 N–H and O–H groups in total. The molecule has 2 unspecified atom stereocenters. The molecular weight excluding hydrogens is 480 g/mol. The maximum absolute atomic E-state index is 12.7. The van der Waals surface area contributed by atoms with Gasteiger partial charge in [0, 0.05) is 30.6 Å². The molecule has 1 aliphatic carbocycles. The van der Waals surface area contributed by atoms with Gasteiger partial charge in [-0.25, -0.2) is 23.2 Å². The third-order valence-corrected chi connectivity index (χ3v) is 9.30. The third-order valence-electron chi connectivity index (χ3n) is 7.02. The summed E-state index contributed by atoms with van der Waals surface area (Å²) in [6.45, 7) is 7.55. The maximum Gasteiger partial charge on any atom is 0.410 e. The smallest absolute Gasteiger partial charge is 0.410 e. The Labute approximate surface area is 212 Å². The fourth-order valence-electron chi connectivity index (χ4n) is 5.11. The molecule has 2 aliphatic heterocycles. The molecule has 10 heteroatoms. The van der Waals surface area contributed by atoms with Gasteiger partial charge in [-0.3, -0.25) is 0 Å². The molecule has 3 heterocycles. The first-order valence-electron chi connectivity index (χ1n) is 12.6. The quantitative estimate of drug-likeness (QED) is 0.587. The number of piperidine rings is 1. The molecule has 2 bridgehead atoms. The topological polar surface area (TPSA) is 111 Å². The van der Waals surface area contributed by atoms with Gasteiger partial charge < -0.3 is 19.7 Å². The van der Waals surface area contributed by atoms with E-state index in [1.807, 2.05) is 32.6 Å². The fourth-order valence-corrected chi connectivity index (χ4v) is 6.77. The van der Waals surface area contributed by atoms with E-state index >= 15 is 0 Å². The van der Waals surface area contributed by atoms with Gasteiger partial charge in [0.15, 0.2) is 9.84 Å². The lowest BCUT2D eigenvalue weighted by molar-refractivity contribution is -0.00770. The van der Waals surface area contributed by atoms with E-state index in [-0.39, 0.29) is 29.5 Å².